The number of hydrogen-bond donors (Lipinski definition) is 4. The molecule has 3 amide bonds. The Morgan fingerprint density at radius 1 is 0.881 bits per heavy atom. The summed E-state index contributed by atoms with van der Waals surface area (Å²) in [4.78, 5) is 53.2. The van der Waals surface area contributed by atoms with Gasteiger partial charge in [-0.1, -0.05) is 12.2 Å². The number of nitrogens with two attached hydrogens (primary N) is 2. The van der Waals surface area contributed by atoms with Gasteiger partial charge in [0.05, 0.1) is 40.9 Å². The molecule has 6 heterocycles. The minimum atomic E-state index is -0.643. The van der Waals surface area contributed by atoms with Gasteiger partial charge in [0.15, 0.2) is 11.4 Å². The topological polar surface area (TPSA) is 242 Å². The van der Waals surface area contributed by atoms with E-state index in [9.17, 15) is 19.5 Å². The third kappa shape index (κ3) is 6.92. The average Bonchev–Trinajstić information content (AvgIpc) is 4.05. The Bertz CT molecular complexity index is 2980. The van der Waals surface area contributed by atoms with Gasteiger partial charge in [-0.25, -0.2) is 15.0 Å². The van der Waals surface area contributed by atoms with Crippen LogP contribution in [0.4, 0.5) is 5.95 Å². The van der Waals surface area contributed by atoms with E-state index in [1.165, 1.54) is 6.26 Å². The third-order valence-electron chi connectivity index (χ3n) is 10.0. The number of hydrogen-bond acceptors (Lipinski definition) is 11. The molecule has 0 bridgehead atoms. The first-order valence-corrected chi connectivity index (χ1v) is 19.1. The zero-order valence-electron chi connectivity index (χ0n) is 32.9. The van der Waals surface area contributed by atoms with E-state index >= 15 is 0 Å². The van der Waals surface area contributed by atoms with Crippen molar-refractivity contribution >= 4 is 67.6 Å². The normalized spacial score (nSPS) is 11.9. The number of carbonyl (C=O) groups is 3. The number of ether oxygens (including phenoxy) is 1. The molecule has 59 heavy (non-hydrogen) atoms. The summed E-state index contributed by atoms with van der Waals surface area (Å²) in [6.07, 6.45) is 7.41. The number of anilines is 1. The van der Waals surface area contributed by atoms with Crippen molar-refractivity contribution in [2.75, 3.05) is 18.5 Å². The fraction of sp³-hybridized carbons (Fsp3) is 0.268. The van der Waals surface area contributed by atoms with Crippen LogP contribution < -0.4 is 21.5 Å². The Hall–Kier alpha value is -7.34. The Morgan fingerprint density at radius 3 is 2.36 bits per heavy atom. The van der Waals surface area contributed by atoms with Crippen molar-refractivity contribution in [2.24, 2.45) is 11.5 Å². The summed E-state index contributed by atoms with van der Waals surface area (Å²) in [5, 5.41) is 23.3. The van der Waals surface area contributed by atoms with Crippen LogP contribution in [-0.4, -0.2) is 79.7 Å². The number of nitrogens with one attached hydrogen (secondary N) is 1. The van der Waals surface area contributed by atoms with Crippen molar-refractivity contribution in [3.8, 4) is 17.3 Å². The van der Waals surface area contributed by atoms with Crippen molar-refractivity contribution in [3.05, 3.63) is 89.2 Å². The summed E-state index contributed by atoms with van der Waals surface area (Å²) in [7, 11) is 0. The second kappa shape index (κ2) is 15.5. The molecule has 18 heteroatoms. The van der Waals surface area contributed by atoms with Crippen LogP contribution in [0.25, 0.3) is 55.5 Å². The van der Waals surface area contributed by atoms with E-state index in [1.807, 2.05) is 55.2 Å². The van der Waals surface area contributed by atoms with Gasteiger partial charge in [0.1, 0.15) is 28.3 Å². The standard InChI is InChI=1S/C41H42N12O6/c1-5-52-30(16-22(3)48-52)38-44-21-28-26-18-24(36(42)55)19-32(58-14-9-13-54)33(26)50(39(28)46-38)11-7-8-12-51-34-29(20-27(37(43)56)25-10-15-59-35(25)34)45-41(51)47-40(57)31-17-23(4)49-53(31)6-2/h7-8,10,15-21,54H,5-6,9,11-14H2,1-4H3,(H2,42,55)(H2,43,56)(H,45,47,57). The van der Waals surface area contributed by atoms with Crippen LogP contribution in [0.15, 0.2) is 65.4 Å². The lowest BCUT2D eigenvalue weighted by molar-refractivity contribution is 0.0992. The number of rotatable bonds is 15. The number of furan rings is 1. The van der Waals surface area contributed by atoms with Gasteiger partial charge in [-0.3, -0.25) is 29.1 Å². The van der Waals surface area contributed by atoms with Gasteiger partial charge in [-0.2, -0.15) is 10.2 Å². The first-order valence-electron chi connectivity index (χ1n) is 19.1. The van der Waals surface area contributed by atoms with E-state index in [4.69, 9.17) is 35.6 Å². The van der Waals surface area contributed by atoms with Crippen LogP contribution >= 0.6 is 0 Å². The molecule has 8 aromatic rings. The predicted octanol–water partition coefficient (Wildman–Crippen LogP) is 4.86. The molecule has 0 spiro atoms. The molecule has 0 aliphatic heterocycles. The number of carbonyl (C=O) groups excluding carboxylic acids is 3. The minimum absolute atomic E-state index is 0.0782. The van der Waals surface area contributed by atoms with E-state index in [1.54, 1.807) is 45.8 Å². The maximum absolute atomic E-state index is 13.7. The molecule has 302 valence electrons. The summed E-state index contributed by atoms with van der Waals surface area (Å²) in [6.45, 7) is 9.31. The number of imidazole rings is 1. The highest BCUT2D eigenvalue weighted by Crippen LogP contribution is 2.37. The summed E-state index contributed by atoms with van der Waals surface area (Å²) >= 11 is 0. The van der Waals surface area contributed by atoms with Crippen LogP contribution in [0.2, 0.25) is 0 Å². The van der Waals surface area contributed by atoms with Gasteiger partial charge >= 0.3 is 0 Å². The number of primary amides is 2. The Labute approximate surface area is 336 Å². The zero-order chi connectivity index (χ0) is 41.5. The van der Waals surface area contributed by atoms with Crippen LogP contribution in [-0.2, 0) is 26.2 Å². The van der Waals surface area contributed by atoms with Crippen LogP contribution in [0.1, 0.15) is 62.9 Å². The van der Waals surface area contributed by atoms with Crippen molar-refractivity contribution in [3.63, 3.8) is 0 Å². The van der Waals surface area contributed by atoms with Gasteiger partial charge in [-0.05, 0) is 64.1 Å². The molecular formula is C41H42N12O6. The number of benzene rings is 2. The average molecular weight is 799 g/mol. The molecule has 0 saturated carbocycles. The number of aryl methyl sites for hydroxylation is 4. The number of amides is 3. The van der Waals surface area contributed by atoms with Gasteiger partial charge in [0.25, 0.3) is 5.91 Å². The van der Waals surface area contributed by atoms with Crippen LogP contribution in [0.5, 0.6) is 5.75 Å². The zero-order valence-corrected chi connectivity index (χ0v) is 32.9. The molecule has 18 nitrogen and oxygen atoms in total. The largest absolute Gasteiger partial charge is 0.491 e. The second-order valence-electron chi connectivity index (χ2n) is 14.0. The molecule has 6 N–H and O–H groups in total. The molecule has 0 aliphatic rings. The Balaban J connectivity index is 1.25. The van der Waals surface area contributed by atoms with Crippen molar-refractivity contribution in [1.82, 2.24) is 43.6 Å². The fourth-order valence-corrected chi connectivity index (χ4v) is 7.43. The number of aliphatic hydroxyl groups excluding tert-OH is 1. The highest BCUT2D eigenvalue weighted by molar-refractivity contribution is 6.14. The monoisotopic (exact) mass is 798 g/mol. The lowest BCUT2D eigenvalue weighted by atomic mass is 10.1. The van der Waals surface area contributed by atoms with Gasteiger partial charge in [0, 0.05) is 67.1 Å². The molecule has 6 aromatic heterocycles. The molecular weight excluding hydrogens is 757 g/mol. The van der Waals surface area contributed by atoms with E-state index in [-0.39, 0.29) is 43.4 Å². The van der Waals surface area contributed by atoms with Crippen molar-refractivity contribution in [2.45, 2.75) is 60.3 Å². The summed E-state index contributed by atoms with van der Waals surface area (Å²) in [6, 6.07) is 10.2. The first kappa shape index (κ1) is 38.5. The van der Waals surface area contributed by atoms with Crippen LogP contribution in [0, 0.1) is 13.8 Å². The molecule has 0 aliphatic carbocycles. The van der Waals surface area contributed by atoms with Crippen molar-refractivity contribution < 1.29 is 28.6 Å². The second-order valence-corrected chi connectivity index (χ2v) is 14.0. The van der Waals surface area contributed by atoms with Crippen molar-refractivity contribution in [1.29, 1.82) is 0 Å². The third-order valence-corrected chi connectivity index (χ3v) is 10.0. The van der Waals surface area contributed by atoms with E-state index in [2.05, 4.69) is 15.5 Å². The summed E-state index contributed by atoms with van der Waals surface area (Å²) in [5.41, 5.74) is 17.2. The Kier molecular flexibility index (Phi) is 10.1. The number of nitrogens with zero attached hydrogens (tertiary/aromatic N) is 9. The minimum Gasteiger partial charge on any atom is -0.491 e. The number of aliphatic hydroxyl groups is 1. The predicted molar refractivity (Wildman–Crippen MR) is 220 cm³/mol. The lowest BCUT2D eigenvalue weighted by Crippen LogP contribution is -2.19. The molecule has 0 saturated heterocycles. The molecule has 0 fully saturated rings. The number of allylic oxidation sites excluding steroid dienone is 2. The Morgan fingerprint density at radius 2 is 1.63 bits per heavy atom. The van der Waals surface area contributed by atoms with E-state index in [0.29, 0.717) is 86.4 Å². The number of aromatic nitrogens is 9. The summed E-state index contributed by atoms with van der Waals surface area (Å²) < 4.78 is 19.3. The van der Waals surface area contributed by atoms with Gasteiger partial charge in [0.2, 0.25) is 17.8 Å². The molecule has 0 atom stereocenters. The van der Waals surface area contributed by atoms with Crippen LogP contribution in [0.3, 0.4) is 0 Å². The molecule has 2 aromatic carbocycles. The lowest BCUT2D eigenvalue weighted by Gasteiger charge is -2.12. The molecule has 8 rings (SSSR count). The molecule has 0 radical (unpaired) electrons. The highest BCUT2D eigenvalue weighted by atomic mass is 16.5. The van der Waals surface area contributed by atoms with E-state index < -0.39 is 17.7 Å². The van der Waals surface area contributed by atoms with Gasteiger partial charge in [-0.15, -0.1) is 0 Å². The number of fused-ring (bicyclic) bond motifs is 6. The van der Waals surface area contributed by atoms with Gasteiger partial charge < -0.3 is 34.9 Å². The summed E-state index contributed by atoms with van der Waals surface area (Å²) in [5.74, 6) is -0.610. The quantitative estimate of drug-likeness (QED) is 0.0806. The maximum atomic E-state index is 13.7. The molecule has 0 unspecified atom stereocenters. The fourth-order valence-electron chi connectivity index (χ4n) is 7.43. The highest BCUT2D eigenvalue weighted by Gasteiger charge is 2.24. The van der Waals surface area contributed by atoms with E-state index in [0.717, 1.165) is 11.4 Å². The first-order chi connectivity index (χ1) is 28.5. The SMILES string of the molecule is CCn1nc(C)cc1C(=O)Nc1nc2cc(C(N)=O)c3ccoc3c2n1CC=CCn1c2nc(-c3cc(C)nn3CC)ncc2c2cc(C(N)=O)cc(OCCCO)c21. The maximum Gasteiger partial charge on any atom is 0.276 e. The smallest absolute Gasteiger partial charge is 0.276 e.